The van der Waals surface area contributed by atoms with E-state index in [1.165, 1.54) is 4.90 Å². The Hall–Kier alpha value is -3.13. The van der Waals surface area contributed by atoms with Crippen molar-refractivity contribution < 1.29 is 29.3 Å². The van der Waals surface area contributed by atoms with E-state index in [9.17, 15) is 19.5 Å². The first-order valence-electron chi connectivity index (χ1n) is 10.2. The number of hydrogen-bond acceptors (Lipinski definition) is 5. The number of likely N-dealkylation sites (tertiary alicyclic amines) is 1. The van der Waals surface area contributed by atoms with Gasteiger partial charge in [0.05, 0.1) is 18.7 Å². The molecular formula is C24H24BrNO6. The van der Waals surface area contributed by atoms with E-state index in [1.807, 2.05) is 0 Å². The summed E-state index contributed by atoms with van der Waals surface area (Å²) in [6.45, 7) is 0.276. The zero-order chi connectivity index (χ0) is 23.3. The lowest BCUT2D eigenvalue weighted by molar-refractivity contribution is -0.140. The SMILES string of the molecule is COc1ccc(C2/C(=C(\O)c3ccc(Br)cc3)C(=O)C(=O)N2CCCCCC(=O)O)cc1. The quantitative estimate of drug-likeness (QED) is 0.226. The lowest BCUT2D eigenvalue weighted by Crippen LogP contribution is -2.30. The maximum atomic E-state index is 13.0. The topological polar surface area (TPSA) is 104 Å². The Balaban J connectivity index is 1.97. The predicted molar refractivity (Wildman–Crippen MR) is 122 cm³/mol. The van der Waals surface area contributed by atoms with Crippen LogP contribution in [0, 0.1) is 0 Å². The fourth-order valence-corrected chi connectivity index (χ4v) is 4.01. The second-order valence-corrected chi connectivity index (χ2v) is 8.39. The Kier molecular flexibility index (Phi) is 7.69. The predicted octanol–water partition coefficient (Wildman–Crippen LogP) is 4.52. The van der Waals surface area contributed by atoms with Gasteiger partial charge in [-0.3, -0.25) is 14.4 Å². The van der Waals surface area contributed by atoms with Gasteiger partial charge in [0.15, 0.2) is 0 Å². The summed E-state index contributed by atoms with van der Waals surface area (Å²) in [5.41, 5.74) is 1.15. The fourth-order valence-electron chi connectivity index (χ4n) is 3.74. The minimum absolute atomic E-state index is 0.0352. The zero-order valence-corrected chi connectivity index (χ0v) is 19.2. The minimum atomic E-state index is -0.863. The number of benzene rings is 2. The van der Waals surface area contributed by atoms with Crippen molar-refractivity contribution in [3.8, 4) is 5.75 Å². The van der Waals surface area contributed by atoms with E-state index in [2.05, 4.69) is 15.9 Å². The number of ketones is 1. The van der Waals surface area contributed by atoms with E-state index in [0.717, 1.165) is 4.47 Å². The number of carbonyl (C=O) groups is 3. The van der Waals surface area contributed by atoms with Crippen molar-refractivity contribution in [3.05, 3.63) is 69.7 Å². The minimum Gasteiger partial charge on any atom is -0.507 e. The number of amides is 1. The molecule has 168 valence electrons. The molecule has 8 heteroatoms. The largest absolute Gasteiger partial charge is 0.507 e. The number of nitrogens with zero attached hydrogens (tertiary/aromatic N) is 1. The number of carbonyl (C=O) groups excluding carboxylic acids is 2. The van der Waals surface area contributed by atoms with Crippen molar-refractivity contribution in [2.24, 2.45) is 0 Å². The smallest absolute Gasteiger partial charge is 0.303 e. The van der Waals surface area contributed by atoms with E-state index >= 15 is 0 Å². The molecular weight excluding hydrogens is 478 g/mol. The number of rotatable bonds is 9. The number of aliphatic hydroxyl groups excluding tert-OH is 1. The average molecular weight is 502 g/mol. The van der Waals surface area contributed by atoms with Crippen molar-refractivity contribution in [2.45, 2.75) is 31.7 Å². The van der Waals surface area contributed by atoms with Gasteiger partial charge in [0.25, 0.3) is 11.7 Å². The van der Waals surface area contributed by atoms with Gasteiger partial charge >= 0.3 is 5.97 Å². The third kappa shape index (κ3) is 5.19. The fraction of sp³-hybridized carbons (Fsp3) is 0.292. The highest BCUT2D eigenvalue weighted by Crippen LogP contribution is 2.40. The molecule has 2 aromatic rings. The number of hydrogen-bond donors (Lipinski definition) is 2. The van der Waals surface area contributed by atoms with E-state index < -0.39 is 23.7 Å². The number of methoxy groups -OCH3 is 1. The van der Waals surface area contributed by atoms with Crippen LogP contribution < -0.4 is 4.74 Å². The molecule has 0 spiro atoms. The molecule has 1 unspecified atom stereocenters. The van der Waals surface area contributed by atoms with Gasteiger partial charge in [0.1, 0.15) is 11.5 Å². The molecule has 1 heterocycles. The summed E-state index contributed by atoms with van der Waals surface area (Å²) in [6.07, 6.45) is 1.71. The Morgan fingerprint density at radius 3 is 2.25 bits per heavy atom. The monoisotopic (exact) mass is 501 g/mol. The number of aliphatic hydroxyl groups is 1. The molecule has 2 aromatic carbocycles. The summed E-state index contributed by atoms with van der Waals surface area (Å²) < 4.78 is 6.03. The molecule has 0 aromatic heterocycles. The summed E-state index contributed by atoms with van der Waals surface area (Å²) in [4.78, 5) is 38.0. The molecule has 1 saturated heterocycles. The van der Waals surface area contributed by atoms with Crippen molar-refractivity contribution in [1.29, 1.82) is 0 Å². The summed E-state index contributed by atoms with van der Waals surface area (Å²) >= 11 is 3.35. The van der Waals surface area contributed by atoms with Gasteiger partial charge in [-0.2, -0.15) is 0 Å². The van der Waals surface area contributed by atoms with E-state index in [-0.39, 0.29) is 24.3 Å². The summed E-state index contributed by atoms with van der Waals surface area (Å²) in [7, 11) is 1.55. The second kappa shape index (κ2) is 10.5. The Morgan fingerprint density at radius 2 is 1.66 bits per heavy atom. The molecule has 1 fully saturated rings. The molecule has 7 nitrogen and oxygen atoms in total. The highest BCUT2D eigenvalue weighted by Gasteiger charge is 2.45. The summed E-state index contributed by atoms with van der Waals surface area (Å²) in [6, 6.07) is 13.1. The first-order valence-corrected chi connectivity index (χ1v) is 11.0. The van der Waals surface area contributed by atoms with E-state index in [4.69, 9.17) is 9.84 Å². The zero-order valence-electron chi connectivity index (χ0n) is 17.6. The standard InChI is InChI=1S/C24H24BrNO6/c1-32-18-12-8-15(9-13-18)21-20(22(29)16-6-10-17(25)11-7-16)23(30)24(31)26(21)14-4-2-3-5-19(27)28/h6-13,21,29H,2-5,14H2,1H3,(H,27,28)/b22-20+. The first-order chi connectivity index (χ1) is 15.3. The molecule has 0 saturated carbocycles. The molecule has 0 aliphatic carbocycles. The molecule has 1 aliphatic heterocycles. The highest BCUT2D eigenvalue weighted by molar-refractivity contribution is 9.10. The van der Waals surface area contributed by atoms with Gasteiger partial charge in [0.2, 0.25) is 0 Å². The van der Waals surface area contributed by atoms with E-state index in [1.54, 1.807) is 55.6 Å². The van der Waals surface area contributed by atoms with Crippen molar-refractivity contribution in [3.63, 3.8) is 0 Å². The Morgan fingerprint density at radius 1 is 1.00 bits per heavy atom. The van der Waals surface area contributed by atoms with E-state index in [0.29, 0.717) is 36.1 Å². The van der Waals surface area contributed by atoms with Crippen LogP contribution in [0.1, 0.15) is 42.9 Å². The van der Waals surface area contributed by atoms with Crippen molar-refractivity contribution in [1.82, 2.24) is 4.90 Å². The molecule has 1 aliphatic rings. The van der Waals surface area contributed by atoms with Gasteiger partial charge in [-0.1, -0.05) is 46.6 Å². The van der Waals surface area contributed by atoms with Crippen LogP contribution in [0.5, 0.6) is 5.75 Å². The molecule has 1 atom stereocenters. The lowest BCUT2D eigenvalue weighted by atomic mass is 9.95. The molecule has 32 heavy (non-hydrogen) atoms. The van der Waals surface area contributed by atoms with Crippen LogP contribution in [0.3, 0.4) is 0 Å². The third-order valence-electron chi connectivity index (χ3n) is 5.38. The second-order valence-electron chi connectivity index (χ2n) is 7.48. The van der Waals surface area contributed by atoms with Crippen LogP contribution in [-0.4, -0.2) is 46.4 Å². The van der Waals surface area contributed by atoms with Gasteiger partial charge in [0, 0.05) is 23.0 Å². The van der Waals surface area contributed by atoms with Gasteiger partial charge in [-0.15, -0.1) is 0 Å². The molecule has 0 radical (unpaired) electrons. The summed E-state index contributed by atoms with van der Waals surface area (Å²) in [5, 5.41) is 19.8. The number of Topliss-reactive ketones (excluding diaryl/α,β-unsaturated/α-hetero) is 1. The van der Waals surface area contributed by atoms with Crippen molar-refractivity contribution in [2.75, 3.05) is 13.7 Å². The number of aliphatic carboxylic acids is 1. The number of halogens is 1. The molecule has 3 rings (SSSR count). The third-order valence-corrected chi connectivity index (χ3v) is 5.91. The number of carboxylic acids is 1. The van der Waals surface area contributed by atoms with Crippen LogP contribution in [0.2, 0.25) is 0 Å². The molecule has 0 bridgehead atoms. The van der Waals surface area contributed by atoms with Gasteiger partial charge in [-0.25, -0.2) is 0 Å². The number of unbranched alkanes of at least 4 members (excludes halogenated alkanes) is 2. The molecule has 1 amide bonds. The van der Waals surface area contributed by atoms with Crippen LogP contribution in [0.4, 0.5) is 0 Å². The normalized spacial score (nSPS) is 17.6. The Labute approximate surface area is 194 Å². The molecule has 2 N–H and O–H groups in total. The summed E-state index contributed by atoms with van der Waals surface area (Å²) in [5.74, 6) is -1.88. The number of carboxylic acid groups (broad SMARTS) is 1. The maximum Gasteiger partial charge on any atom is 0.303 e. The van der Waals surface area contributed by atoms with Crippen LogP contribution in [0.25, 0.3) is 5.76 Å². The van der Waals surface area contributed by atoms with Gasteiger partial charge in [-0.05, 0) is 42.7 Å². The average Bonchev–Trinajstić information content (AvgIpc) is 3.03. The van der Waals surface area contributed by atoms with Crippen LogP contribution in [-0.2, 0) is 14.4 Å². The van der Waals surface area contributed by atoms with Gasteiger partial charge < -0.3 is 19.8 Å². The van der Waals surface area contributed by atoms with Crippen molar-refractivity contribution >= 4 is 39.3 Å². The number of ether oxygens (including phenoxy) is 1. The van der Waals surface area contributed by atoms with Crippen LogP contribution in [0.15, 0.2) is 58.6 Å². The lowest BCUT2D eigenvalue weighted by Gasteiger charge is -2.25. The Bertz CT molecular complexity index is 1030. The first kappa shape index (κ1) is 23.5. The highest BCUT2D eigenvalue weighted by atomic mass is 79.9. The van der Waals surface area contributed by atoms with Crippen LogP contribution >= 0.6 is 15.9 Å². The maximum absolute atomic E-state index is 13.0.